The summed E-state index contributed by atoms with van der Waals surface area (Å²) in [5, 5.41) is 2.61. The third kappa shape index (κ3) is 8.84. The van der Waals surface area contributed by atoms with Gasteiger partial charge in [0.1, 0.15) is 5.75 Å². The molecule has 0 saturated heterocycles. The number of ether oxygens (including phenoxy) is 4. The zero-order valence-electron chi connectivity index (χ0n) is 19.3. The number of amides is 1. The van der Waals surface area contributed by atoms with Gasteiger partial charge in [-0.1, -0.05) is 19.8 Å². The Labute approximate surface area is 194 Å². The summed E-state index contributed by atoms with van der Waals surface area (Å²) in [5.74, 6) is 0.391. The minimum atomic E-state index is -0.623. The monoisotopic (exact) mass is 457 g/mol. The molecular formula is C25H31NO7. The third-order valence-electron chi connectivity index (χ3n) is 4.78. The summed E-state index contributed by atoms with van der Waals surface area (Å²) in [6, 6.07) is 11.7. The molecule has 0 aliphatic heterocycles. The summed E-state index contributed by atoms with van der Waals surface area (Å²) in [4.78, 5) is 36.3. The average Bonchev–Trinajstić information content (AvgIpc) is 2.84. The molecule has 0 aliphatic carbocycles. The van der Waals surface area contributed by atoms with Crippen LogP contribution in [0.25, 0.3) is 0 Å². The Bertz CT molecular complexity index is 925. The van der Waals surface area contributed by atoms with Gasteiger partial charge in [-0.2, -0.15) is 0 Å². The smallest absolute Gasteiger partial charge is 0.306 e. The second-order valence-electron chi connectivity index (χ2n) is 7.28. The van der Waals surface area contributed by atoms with Crippen LogP contribution in [0, 0.1) is 0 Å². The van der Waals surface area contributed by atoms with Crippen molar-refractivity contribution >= 4 is 23.3 Å². The first-order chi connectivity index (χ1) is 16.0. The topological polar surface area (TPSA) is 100 Å². The summed E-state index contributed by atoms with van der Waals surface area (Å²) in [6.45, 7) is 2.32. The van der Waals surface area contributed by atoms with E-state index in [1.165, 1.54) is 14.2 Å². The fourth-order valence-electron chi connectivity index (χ4n) is 2.97. The normalized spacial score (nSPS) is 10.3. The molecule has 2 aromatic carbocycles. The molecule has 8 heteroatoms. The van der Waals surface area contributed by atoms with E-state index in [1.54, 1.807) is 42.5 Å². The van der Waals surface area contributed by atoms with Crippen molar-refractivity contribution in [3.63, 3.8) is 0 Å². The van der Waals surface area contributed by atoms with Gasteiger partial charge in [-0.15, -0.1) is 0 Å². The summed E-state index contributed by atoms with van der Waals surface area (Å²) in [6.07, 6.45) is 3.11. The van der Waals surface area contributed by atoms with Crippen LogP contribution in [-0.2, 0) is 14.3 Å². The Balaban J connectivity index is 1.72. The van der Waals surface area contributed by atoms with Crippen LogP contribution in [0.15, 0.2) is 42.5 Å². The maximum atomic E-state index is 12.3. The highest BCUT2D eigenvalue weighted by atomic mass is 16.5. The van der Waals surface area contributed by atoms with Gasteiger partial charge >= 0.3 is 5.97 Å². The summed E-state index contributed by atoms with van der Waals surface area (Å²) >= 11 is 0. The Hall–Kier alpha value is -3.55. The van der Waals surface area contributed by atoms with E-state index in [0.717, 1.165) is 19.3 Å². The van der Waals surface area contributed by atoms with E-state index in [1.807, 2.05) is 0 Å². The Morgan fingerprint density at radius 2 is 1.61 bits per heavy atom. The van der Waals surface area contributed by atoms with E-state index in [-0.39, 0.29) is 18.6 Å². The highest BCUT2D eigenvalue weighted by molar-refractivity contribution is 5.98. The van der Waals surface area contributed by atoms with Gasteiger partial charge in [0.15, 0.2) is 23.9 Å². The molecular weight excluding hydrogens is 426 g/mol. The van der Waals surface area contributed by atoms with Crippen molar-refractivity contribution in [3.8, 4) is 17.2 Å². The van der Waals surface area contributed by atoms with E-state index >= 15 is 0 Å². The predicted molar refractivity (Wildman–Crippen MR) is 124 cm³/mol. The number of hydrogen-bond donors (Lipinski definition) is 1. The van der Waals surface area contributed by atoms with Crippen LogP contribution in [0.1, 0.15) is 49.4 Å². The average molecular weight is 458 g/mol. The molecule has 0 unspecified atom stereocenters. The quantitative estimate of drug-likeness (QED) is 0.255. The van der Waals surface area contributed by atoms with Gasteiger partial charge in [-0.3, -0.25) is 14.4 Å². The third-order valence-corrected chi connectivity index (χ3v) is 4.78. The van der Waals surface area contributed by atoms with Crippen molar-refractivity contribution in [3.05, 3.63) is 48.0 Å². The molecule has 0 radical (unpaired) electrons. The second-order valence-corrected chi connectivity index (χ2v) is 7.28. The molecule has 0 aliphatic rings. The van der Waals surface area contributed by atoms with Crippen LogP contribution in [0.5, 0.6) is 17.2 Å². The van der Waals surface area contributed by atoms with Crippen molar-refractivity contribution in [1.29, 1.82) is 0 Å². The minimum Gasteiger partial charge on any atom is -0.494 e. The molecule has 0 heterocycles. The number of unbranched alkanes of at least 4 members (excludes halogenated alkanes) is 2. The molecule has 1 N–H and O–H groups in total. The highest BCUT2D eigenvalue weighted by Crippen LogP contribution is 2.29. The zero-order valence-corrected chi connectivity index (χ0v) is 19.3. The molecule has 0 bridgehead atoms. The Kier molecular flexibility index (Phi) is 10.7. The number of Topliss-reactive ketones (excluding diaryl/α,β-unsaturated/α-hetero) is 1. The van der Waals surface area contributed by atoms with Crippen molar-refractivity contribution in [1.82, 2.24) is 0 Å². The number of esters is 1. The Morgan fingerprint density at radius 3 is 2.27 bits per heavy atom. The molecule has 0 fully saturated rings. The van der Waals surface area contributed by atoms with Crippen molar-refractivity contribution in [2.75, 3.05) is 32.8 Å². The number of ketones is 1. The number of hydrogen-bond acceptors (Lipinski definition) is 7. The lowest BCUT2D eigenvalue weighted by Gasteiger charge is -2.11. The van der Waals surface area contributed by atoms with Gasteiger partial charge in [0.2, 0.25) is 0 Å². The molecule has 0 atom stereocenters. The molecule has 33 heavy (non-hydrogen) atoms. The second kappa shape index (κ2) is 13.8. The van der Waals surface area contributed by atoms with Gasteiger partial charge < -0.3 is 24.3 Å². The minimum absolute atomic E-state index is 0.00711. The molecule has 8 nitrogen and oxygen atoms in total. The molecule has 0 aromatic heterocycles. The van der Waals surface area contributed by atoms with Gasteiger partial charge in [0.05, 0.1) is 27.2 Å². The van der Waals surface area contributed by atoms with Crippen molar-refractivity contribution in [2.24, 2.45) is 0 Å². The number of nitrogens with one attached hydrogen (secondary N) is 1. The lowest BCUT2D eigenvalue weighted by molar-refractivity contribution is -0.147. The molecule has 0 spiro atoms. The van der Waals surface area contributed by atoms with Crippen LogP contribution in [0.4, 0.5) is 5.69 Å². The molecule has 2 rings (SSSR count). The maximum Gasteiger partial charge on any atom is 0.306 e. The van der Waals surface area contributed by atoms with Crippen LogP contribution in [-0.4, -0.2) is 45.1 Å². The standard InChI is InChI=1S/C25H31NO7/c1-4-5-6-15-32-20-10-7-18(8-11-20)21(27)12-14-25(29)33-17-24(28)26-19-9-13-22(30-2)23(16-19)31-3/h7-11,13,16H,4-6,12,14-15,17H2,1-3H3,(H,26,28). The molecule has 2 aromatic rings. The van der Waals surface area contributed by atoms with Crippen LogP contribution >= 0.6 is 0 Å². The number of rotatable bonds is 14. The van der Waals surface area contributed by atoms with Crippen LogP contribution < -0.4 is 19.5 Å². The fourth-order valence-corrected chi connectivity index (χ4v) is 2.97. The predicted octanol–water partition coefficient (Wildman–Crippen LogP) is 4.42. The summed E-state index contributed by atoms with van der Waals surface area (Å²) in [7, 11) is 3.00. The molecule has 178 valence electrons. The first-order valence-corrected chi connectivity index (χ1v) is 10.9. The highest BCUT2D eigenvalue weighted by Gasteiger charge is 2.13. The summed E-state index contributed by atoms with van der Waals surface area (Å²) < 4.78 is 20.9. The van der Waals surface area contributed by atoms with E-state index in [4.69, 9.17) is 18.9 Å². The van der Waals surface area contributed by atoms with Crippen molar-refractivity contribution in [2.45, 2.75) is 39.0 Å². The first kappa shape index (κ1) is 25.7. The number of carbonyl (C=O) groups is 3. The zero-order chi connectivity index (χ0) is 24.1. The van der Waals surface area contributed by atoms with Gasteiger partial charge in [-0.25, -0.2) is 0 Å². The van der Waals surface area contributed by atoms with Crippen LogP contribution in [0.3, 0.4) is 0 Å². The van der Waals surface area contributed by atoms with E-state index in [0.29, 0.717) is 35.1 Å². The van der Waals surface area contributed by atoms with E-state index in [2.05, 4.69) is 12.2 Å². The number of methoxy groups -OCH3 is 2. The van der Waals surface area contributed by atoms with Gasteiger partial charge in [0, 0.05) is 23.7 Å². The maximum absolute atomic E-state index is 12.3. The van der Waals surface area contributed by atoms with E-state index < -0.39 is 18.5 Å². The SMILES string of the molecule is CCCCCOc1ccc(C(=O)CCC(=O)OCC(=O)Nc2ccc(OC)c(OC)c2)cc1. The van der Waals surface area contributed by atoms with Crippen molar-refractivity contribution < 1.29 is 33.3 Å². The lowest BCUT2D eigenvalue weighted by atomic mass is 10.1. The fraction of sp³-hybridized carbons (Fsp3) is 0.400. The van der Waals surface area contributed by atoms with Gasteiger partial charge in [-0.05, 0) is 42.8 Å². The van der Waals surface area contributed by atoms with E-state index in [9.17, 15) is 14.4 Å². The first-order valence-electron chi connectivity index (χ1n) is 10.9. The Morgan fingerprint density at radius 1 is 0.879 bits per heavy atom. The number of carbonyl (C=O) groups excluding carboxylic acids is 3. The number of anilines is 1. The molecule has 0 saturated carbocycles. The van der Waals surface area contributed by atoms with Crippen LogP contribution in [0.2, 0.25) is 0 Å². The lowest BCUT2D eigenvalue weighted by Crippen LogP contribution is -2.21. The number of benzene rings is 2. The molecule has 1 amide bonds. The van der Waals surface area contributed by atoms with Gasteiger partial charge in [0.25, 0.3) is 5.91 Å². The summed E-state index contributed by atoms with van der Waals surface area (Å²) in [5.41, 5.74) is 0.969. The largest absolute Gasteiger partial charge is 0.494 e.